The van der Waals surface area contributed by atoms with E-state index in [-0.39, 0.29) is 12.1 Å². The molecule has 178 valence electrons. The monoisotopic (exact) mass is 468 g/mol. The normalized spacial score (nSPS) is 15.8. The van der Waals surface area contributed by atoms with Gasteiger partial charge in [0.15, 0.2) is 5.82 Å². The van der Waals surface area contributed by atoms with Crippen molar-refractivity contribution in [1.29, 1.82) is 0 Å². The number of carbonyl (C=O) groups excluding carboxylic acids is 1. The van der Waals surface area contributed by atoms with E-state index in [1.54, 1.807) is 23.1 Å². The van der Waals surface area contributed by atoms with Crippen molar-refractivity contribution in [3.8, 4) is 11.3 Å². The lowest BCUT2D eigenvalue weighted by Crippen LogP contribution is -2.42. The van der Waals surface area contributed by atoms with E-state index >= 15 is 0 Å². The van der Waals surface area contributed by atoms with Crippen LogP contribution in [0, 0.1) is 0 Å². The molecule has 0 bridgehead atoms. The van der Waals surface area contributed by atoms with Crippen LogP contribution in [-0.2, 0) is 12.6 Å². The maximum atomic E-state index is 13.4. The summed E-state index contributed by atoms with van der Waals surface area (Å²) in [6.07, 6.45) is -1.84. The third kappa shape index (κ3) is 5.16. The maximum Gasteiger partial charge on any atom is 0.416 e. The molecule has 0 saturated heterocycles. The number of hydrogen-bond acceptors (Lipinski definition) is 3. The third-order valence-electron chi connectivity index (χ3n) is 5.84. The van der Waals surface area contributed by atoms with Crippen molar-refractivity contribution in [3.63, 3.8) is 0 Å². The summed E-state index contributed by atoms with van der Waals surface area (Å²) in [5, 5.41) is 6.25. The van der Waals surface area contributed by atoms with Gasteiger partial charge in [0, 0.05) is 23.8 Å². The number of carbonyl (C=O) groups is 1. The first-order chi connectivity index (χ1) is 16.3. The zero-order valence-corrected chi connectivity index (χ0v) is 19.1. The average Bonchev–Trinajstić information content (AvgIpc) is 2.96. The number of amides is 2. The Morgan fingerprint density at radius 1 is 1.15 bits per heavy atom. The quantitative estimate of drug-likeness (QED) is 0.435. The van der Waals surface area contributed by atoms with Gasteiger partial charge in [-0.25, -0.2) is 9.78 Å². The average molecular weight is 469 g/mol. The minimum atomic E-state index is -4.45. The van der Waals surface area contributed by atoms with Gasteiger partial charge >= 0.3 is 12.2 Å². The predicted octanol–water partition coefficient (Wildman–Crippen LogP) is 6.96. The van der Waals surface area contributed by atoms with E-state index in [0.29, 0.717) is 41.4 Å². The number of aromatic nitrogens is 1. The summed E-state index contributed by atoms with van der Waals surface area (Å²) < 4.78 is 39.7. The molecule has 34 heavy (non-hydrogen) atoms. The minimum Gasteiger partial charge on any atom is -0.382 e. The first kappa shape index (κ1) is 23.6. The Bertz CT molecular complexity index is 1180. The lowest BCUT2D eigenvalue weighted by atomic mass is 10.1. The highest BCUT2D eigenvalue weighted by Crippen LogP contribution is 2.35. The summed E-state index contributed by atoms with van der Waals surface area (Å²) >= 11 is 0. The van der Waals surface area contributed by atoms with Gasteiger partial charge in [0.05, 0.1) is 16.9 Å². The molecule has 1 aliphatic rings. The van der Waals surface area contributed by atoms with E-state index in [4.69, 9.17) is 0 Å². The topological polar surface area (TPSA) is 57.3 Å². The highest BCUT2D eigenvalue weighted by atomic mass is 19.4. The fourth-order valence-electron chi connectivity index (χ4n) is 4.11. The van der Waals surface area contributed by atoms with Gasteiger partial charge in [-0.1, -0.05) is 37.6 Å². The number of pyridine rings is 1. The predicted molar refractivity (Wildman–Crippen MR) is 129 cm³/mol. The number of hydrogen-bond donors (Lipinski definition) is 2. The minimum absolute atomic E-state index is 0.170. The Kier molecular flexibility index (Phi) is 6.77. The molecule has 5 nitrogen and oxygen atoms in total. The van der Waals surface area contributed by atoms with E-state index in [9.17, 15) is 18.0 Å². The van der Waals surface area contributed by atoms with Gasteiger partial charge in [0.1, 0.15) is 0 Å². The van der Waals surface area contributed by atoms with Crippen LogP contribution in [0.2, 0.25) is 0 Å². The van der Waals surface area contributed by atoms with Crippen molar-refractivity contribution < 1.29 is 18.0 Å². The van der Waals surface area contributed by atoms with Crippen molar-refractivity contribution in [2.45, 2.75) is 45.3 Å². The highest BCUT2D eigenvalue weighted by Gasteiger charge is 2.31. The van der Waals surface area contributed by atoms with Crippen molar-refractivity contribution in [2.24, 2.45) is 0 Å². The smallest absolute Gasteiger partial charge is 0.382 e. The van der Waals surface area contributed by atoms with E-state index < -0.39 is 11.7 Å². The molecule has 2 heterocycles. The summed E-state index contributed by atoms with van der Waals surface area (Å²) in [6, 6.07) is 15.7. The SMILES string of the molecule is CCCc1cccc(NC(=O)N2c3nc(-c4cccc(C(F)(F)F)c4)ccc3NCC[C@H]2C)c1. The molecule has 0 saturated carbocycles. The van der Waals surface area contributed by atoms with Crippen LogP contribution in [-0.4, -0.2) is 23.6 Å². The Hall–Kier alpha value is -3.55. The van der Waals surface area contributed by atoms with Crippen molar-refractivity contribution in [1.82, 2.24) is 4.98 Å². The lowest BCUT2D eigenvalue weighted by Gasteiger charge is -2.27. The number of nitrogens with one attached hydrogen (secondary N) is 2. The van der Waals surface area contributed by atoms with Gasteiger partial charge in [0.2, 0.25) is 0 Å². The second-order valence-electron chi connectivity index (χ2n) is 8.46. The number of halogens is 3. The van der Waals surface area contributed by atoms with Gasteiger partial charge in [0.25, 0.3) is 0 Å². The number of anilines is 3. The van der Waals surface area contributed by atoms with Crippen LogP contribution in [0.3, 0.4) is 0 Å². The van der Waals surface area contributed by atoms with Gasteiger partial charge in [-0.3, -0.25) is 4.90 Å². The standard InChI is InChI=1S/C26H27F3N4O/c1-3-6-18-7-4-10-21(15-18)31-25(34)33-17(2)13-14-30-23-12-11-22(32-24(23)33)19-8-5-9-20(16-19)26(27,28)29/h4-5,7-12,15-17,30H,3,6,13-14H2,1-2H3,(H,31,34)/t17-/m1/s1. The van der Waals surface area contributed by atoms with Crippen LogP contribution in [0.5, 0.6) is 0 Å². The molecule has 0 radical (unpaired) electrons. The maximum absolute atomic E-state index is 13.4. The number of fused-ring (bicyclic) bond motifs is 1. The summed E-state index contributed by atoms with van der Waals surface area (Å²) in [5.74, 6) is 0.391. The van der Waals surface area contributed by atoms with Crippen LogP contribution in [0.15, 0.2) is 60.7 Å². The van der Waals surface area contributed by atoms with Gasteiger partial charge in [-0.2, -0.15) is 13.2 Å². The zero-order valence-electron chi connectivity index (χ0n) is 19.1. The Morgan fingerprint density at radius 2 is 1.94 bits per heavy atom. The summed E-state index contributed by atoms with van der Waals surface area (Å²) in [6.45, 7) is 4.68. The molecule has 1 atom stereocenters. The molecule has 3 aromatic rings. The molecule has 2 N–H and O–H groups in total. The molecule has 0 unspecified atom stereocenters. The molecule has 2 amide bonds. The molecule has 8 heteroatoms. The fourth-order valence-corrected chi connectivity index (χ4v) is 4.11. The molecule has 1 aromatic heterocycles. The number of aryl methyl sites for hydroxylation is 1. The van der Waals surface area contributed by atoms with Gasteiger partial charge < -0.3 is 10.6 Å². The number of benzene rings is 2. The van der Waals surface area contributed by atoms with E-state index in [2.05, 4.69) is 22.5 Å². The third-order valence-corrected chi connectivity index (χ3v) is 5.84. The number of alkyl halides is 3. The lowest BCUT2D eigenvalue weighted by molar-refractivity contribution is -0.137. The number of nitrogens with zero attached hydrogens (tertiary/aromatic N) is 2. The summed E-state index contributed by atoms with van der Waals surface area (Å²) in [7, 11) is 0. The Balaban J connectivity index is 1.69. The molecular weight excluding hydrogens is 441 g/mol. The van der Waals surface area contributed by atoms with Crippen LogP contribution in [0.25, 0.3) is 11.3 Å². The van der Waals surface area contributed by atoms with Crippen molar-refractivity contribution in [2.75, 3.05) is 22.1 Å². The zero-order chi connectivity index (χ0) is 24.3. The molecule has 0 aliphatic carbocycles. The molecule has 0 spiro atoms. The highest BCUT2D eigenvalue weighted by molar-refractivity contribution is 6.03. The molecular formula is C26H27F3N4O. The van der Waals surface area contributed by atoms with Gasteiger partial charge in [-0.05, 0) is 61.7 Å². The van der Waals surface area contributed by atoms with E-state index in [1.165, 1.54) is 6.07 Å². The van der Waals surface area contributed by atoms with Gasteiger partial charge in [-0.15, -0.1) is 0 Å². The van der Waals surface area contributed by atoms with Crippen molar-refractivity contribution >= 4 is 23.2 Å². The number of urea groups is 1. The largest absolute Gasteiger partial charge is 0.416 e. The fraction of sp³-hybridized carbons (Fsp3) is 0.308. The summed E-state index contributed by atoms with van der Waals surface area (Å²) in [4.78, 5) is 19.6. The molecule has 4 rings (SSSR count). The summed E-state index contributed by atoms with van der Waals surface area (Å²) in [5.41, 5.74) is 2.45. The van der Waals surface area contributed by atoms with Crippen LogP contribution < -0.4 is 15.5 Å². The second-order valence-corrected chi connectivity index (χ2v) is 8.46. The van der Waals surface area contributed by atoms with E-state index in [1.807, 2.05) is 31.2 Å². The van der Waals surface area contributed by atoms with Crippen LogP contribution >= 0.6 is 0 Å². The van der Waals surface area contributed by atoms with E-state index in [0.717, 1.165) is 30.5 Å². The number of rotatable bonds is 4. The van der Waals surface area contributed by atoms with Crippen LogP contribution in [0.4, 0.5) is 35.2 Å². The molecule has 0 fully saturated rings. The Morgan fingerprint density at radius 3 is 2.71 bits per heavy atom. The van der Waals surface area contributed by atoms with Crippen LogP contribution in [0.1, 0.15) is 37.8 Å². The van der Waals surface area contributed by atoms with Crippen molar-refractivity contribution in [3.05, 3.63) is 71.8 Å². The molecule has 2 aromatic carbocycles. The Labute approximate surface area is 197 Å². The first-order valence-corrected chi connectivity index (χ1v) is 11.4. The molecule has 1 aliphatic heterocycles. The first-order valence-electron chi connectivity index (χ1n) is 11.4. The second kappa shape index (κ2) is 9.75.